The van der Waals surface area contributed by atoms with Crippen LogP contribution < -0.4 is 36.5 Å². The number of aromatic nitrogens is 1. The van der Waals surface area contributed by atoms with E-state index in [-0.39, 0.29) is 43.8 Å². The van der Waals surface area contributed by atoms with Gasteiger partial charge in [-0.15, -0.1) is 11.3 Å². The van der Waals surface area contributed by atoms with Gasteiger partial charge in [-0.25, -0.2) is 34.3 Å². The van der Waals surface area contributed by atoms with Gasteiger partial charge in [-0.1, -0.05) is 101 Å². The number of anilines is 4. The van der Waals surface area contributed by atoms with Gasteiger partial charge in [0.05, 0.1) is 46.1 Å². The normalized spacial score (nSPS) is 20.4. The van der Waals surface area contributed by atoms with Crippen LogP contribution >= 0.6 is 11.3 Å². The highest BCUT2D eigenvalue weighted by Gasteiger charge is 2.46. The van der Waals surface area contributed by atoms with Gasteiger partial charge in [-0.3, -0.25) is 0 Å². The molecule has 598 valence electrons. The van der Waals surface area contributed by atoms with E-state index in [2.05, 4.69) is 149 Å². The molecule has 9 aromatic rings. The first-order valence-corrected chi connectivity index (χ1v) is 42.7. The van der Waals surface area contributed by atoms with Gasteiger partial charge >= 0.3 is 16.9 Å². The van der Waals surface area contributed by atoms with Crippen LogP contribution in [-0.4, -0.2) is 57.3 Å². The number of hydrogen-bond acceptors (Lipinski definition) is 15. The van der Waals surface area contributed by atoms with Gasteiger partial charge in [0.2, 0.25) is 5.70 Å². The highest BCUT2D eigenvalue weighted by Crippen LogP contribution is 2.56. The molecule has 10 aliphatic rings. The van der Waals surface area contributed by atoms with Gasteiger partial charge in [0.1, 0.15) is 44.8 Å². The summed E-state index contributed by atoms with van der Waals surface area (Å²) in [6, 6.07) is 23.3. The molecule has 0 unspecified atom stereocenters. The fourth-order valence-corrected chi connectivity index (χ4v) is 21.1. The lowest BCUT2D eigenvalue weighted by molar-refractivity contribution is 0.332. The summed E-state index contributed by atoms with van der Waals surface area (Å²) in [5.41, 5.74) is 21.7. The lowest BCUT2D eigenvalue weighted by atomic mass is 9.69. The Hall–Kier alpha value is -11.7. The minimum atomic E-state index is -0.449. The SMILES string of the molecule is [C-]#[N+]/C(=C1C=C(/C=C/c2cc3c4c(c2)CCCN4CCC3)OC(/C=C/c2cc3cc4c5c(c3oc2=O)C(C)(C)CCN5CCC4(C)C)=C/1)c1nc2ccccc2s1.[C-]#[N+]C(C#N)=C1C=C(/C=C/c2c(C)c3cc4c5c(c3oc2=O)C(C)(C)CCN5CCC4(C)C)OC(/C=C/c2c(C)c3cc4c5c(c3oc2=O)C(C)(C)CCN5CCC4(C)C)=C1. The molecule has 5 aromatic carbocycles. The van der Waals surface area contributed by atoms with Gasteiger partial charge in [0, 0.05) is 108 Å². The van der Waals surface area contributed by atoms with E-state index in [1.54, 1.807) is 42.5 Å². The lowest BCUT2D eigenvalue weighted by Gasteiger charge is -2.48. The molecular formula is C101H100N8O8S. The van der Waals surface area contributed by atoms with E-state index in [1.807, 2.05) is 74.6 Å². The molecule has 0 saturated carbocycles. The van der Waals surface area contributed by atoms with Gasteiger partial charge < -0.3 is 42.3 Å². The third-order valence-corrected chi connectivity index (χ3v) is 28.3. The van der Waals surface area contributed by atoms with Crippen LogP contribution in [0.3, 0.4) is 0 Å². The van der Waals surface area contributed by atoms with Crippen molar-refractivity contribution in [3.8, 4) is 6.07 Å². The minimum Gasteiger partial charge on any atom is -0.457 e. The second kappa shape index (κ2) is 28.5. The summed E-state index contributed by atoms with van der Waals surface area (Å²) in [4.78, 5) is 63.9. The zero-order valence-corrected chi connectivity index (χ0v) is 71.0. The van der Waals surface area contributed by atoms with Crippen molar-refractivity contribution in [1.29, 1.82) is 5.26 Å². The smallest absolute Gasteiger partial charge is 0.343 e. The third-order valence-electron chi connectivity index (χ3n) is 27.3. The number of para-hydroxylation sites is 1. The van der Waals surface area contributed by atoms with Crippen LogP contribution in [0.15, 0.2) is 177 Å². The van der Waals surface area contributed by atoms with Crippen LogP contribution in [-0.2, 0) is 54.8 Å². The molecular weight excluding hydrogens is 1490 g/mol. The Labute approximate surface area is 693 Å². The summed E-state index contributed by atoms with van der Waals surface area (Å²) in [6.07, 6.45) is 32.1. The molecule has 17 heteroatoms. The Morgan fingerprint density at radius 2 is 0.907 bits per heavy atom. The molecule has 10 aliphatic heterocycles. The number of nitriles is 1. The molecule has 0 N–H and O–H groups in total. The average molecular weight is 1590 g/mol. The van der Waals surface area contributed by atoms with E-state index < -0.39 is 11.3 Å². The van der Waals surface area contributed by atoms with Gasteiger partial charge in [-0.05, 0) is 282 Å². The fraction of sp³-hybridized carbons (Fsp3) is 0.376. The summed E-state index contributed by atoms with van der Waals surface area (Å²) in [5.74, 6) is 1.75. The van der Waals surface area contributed by atoms with Crippen LogP contribution in [0.2, 0.25) is 0 Å². The first kappa shape index (κ1) is 77.5. The molecule has 0 fully saturated rings. The quantitative estimate of drug-likeness (QED) is 0.0760. The topological polar surface area (TPSA) is 167 Å². The molecule has 4 aromatic heterocycles. The number of fused-ring (bicyclic) bond motifs is 7. The van der Waals surface area contributed by atoms with Crippen LogP contribution in [0.1, 0.15) is 217 Å². The van der Waals surface area contributed by atoms with Gasteiger partial charge in [-0.2, -0.15) is 0 Å². The van der Waals surface area contributed by atoms with Gasteiger partial charge in [0.15, 0.2) is 0 Å². The lowest BCUT2D eigenvalue weighted by Crippen LogP contribution is -2.44. The van der Waals surface area contributed by atoms with Crippen molar-refractivity contribution < 1.29 is 22.7 Å². The standard InChI is InChI=1S/C52H54N4O5.C49H46N4O3S/c1-29-34(47(57)60-45-36(29)26-38-43-41(45)51(7,8)18-22-55(43)20-16-49(38,3)4)14-12-32-24-31(40(28-53)54-11)25-33(59-32)13-15-35-30(2)37-27-39-44-42(46(37)61-48(35)58)52(9,10)19-23-56(44)21-17-50(39,5)6;1-48(2)18-22-53-23-19-49(3,4)41-44(53)38(48)29-35-26-33(47(54)56-45(35)41)15-17-37-28-34(42(50-5)46-51-39-12-6-7-13-40(39)57-46)27-36(55-37)16-14-30-24-31-10-8-20-52-21-9-11-32(25-30)43(31)52/h12-15,24-27H,16-23H2,1-10H3;6-7,12-17,24-29H,8-11,18-23H2,1-4H3/b14-12+,15-13+;16-14+,17-15+,42-34-. The second-order valence-corrected chi connectivity index (χ2v) is 38.8. The number of benzene rings is 5. The number of hydrogen-bond donors (Lipinski definition) is 0. The van der Waals surface area contributed by atoms with Crippen molar-refractivity contribution in [2.45, 2.75) is 194 Å². The maximum atomic E-state index is 13.9. The van der Waals surface area contributed by atoms with Gasteiger partial charge in [0.25, 0.3) is 5.70 Å². The van der Waals surface area contributed by atoms with Crippen molar-refractivity contribution in [1.82, 2.24) is 4.98 Å². The monoisotopic (exact) mass is 1580 g/mol. The average Bonchev–Trinajstić information content (AvgIpc) is 0.872. The minimum absolute atomic E-state index is 0.00839. The largest absolute Gasteiger partial charge is 0.457 e. The van der Waals surface area contributed by atoms with Crippen molar-refractivity contribution in [3.63, 3.8) is 0 Å². The number of rotatable bonds is 9. The molecule has 14 heterocycles. The molecule has 0 aliphatic carbocycles. The summed E-state index contributed by atoms with van der Waals surface area (Å²) >= 11 is 1.51. The van der Waals surface area contributed by atoms with E-state index in [1.165, 1.54) is 74.7 Å². The zero-order valence-electron chi connectivity index (χ0n) is 70.2. The first-order chi connectivity index (χ1) is 56.3. The Kier molecular flexibility index (Phi) is 18.8. The van der Waals surface area contributed by atoms with Crippen LogP contribution in [0, 0.1) is 38.3 Å². The van der Waals surface area contributed by atoms with Crippen molar-refractivity contribution >= 4 is 107 Å². The molecule has 0 saturated heterocycles. The highest BCUT2D eigenvalue weighted by atomic mass is 32.1. The number of aryl methyl sites for hydroxylation is 4. The van der Waals surface area contributed by atoms with Crippen molar-refractivity contribution in [2.75, 3.05) is 72.0 Å². The maximum absolute atomic E-state index is 13.9. The summed E-state index contributed by atoms with van der Waals surface area (Å²) in [6.45, 7) is 55.5. The van der Waals surface area contributed by atoms with Crippen molar-refractivity contribution in [2.24, 2.45) is 0 Å². The highest BCUT2D eigenvalue weighted by molar-refractivity contribution is 7.19. The van der Waals surface area contributed by atoms with Crippen LogP contribution in [0.4, 0.5) is 22.7 Å². The molecule has 19 rings (SSSR count). The second-order valence-electron chi connectivity index (χ2n) is 37.8. The Bertz CT molecular complexity index is 6300. The maximum Gasteiger partial charge on any atom is 0.343 e. The molecule has 0 spiro atoms. The zero-order chi connectivity index (χ0) is 82.6. The van der Waals surface area contributed by atoms with Crippen LogP contribution in [0.25, 0.3) is 82.8 Å². The Morgan fingerprint density at radius 1 is 0.483 bits per heavy atom. The Balaban J connectivity index is 0.000000163. The molecule has 118 heavy (non-hydrogen) atoms. The van der Waals surface area contributed by atoms with Crippen LogP contribution in [0.5, 0.6) is 0 Å². The molecule has 16 nitrogen and oxygen atoms in total. The molecule has 0 radical (unpaired) electrons. The molecule has 0 amide bonds. The van der Waals surface area contributed by atoms with E-state index in [0.29, 0.717) is 78.3 Å². The summed E-state index contributed by atoms with van der Waals surface area (Å²) < 4.78 is 32.7. The Morgan fingerprint density at radius 3 is 1.37 bits per heavy atom. The summed E-state index contributed by atoms with van der Waals surface area (Å²) in [5, 5.41) is 13.3. The number of nitrogens with zero attached hydrogens (tertiary/aromatic N) is 8. The first-order valence-electron chi connectivity index (χ1n) is 41.9. The third kappa shape index (κ3) is 13.3. The predicted octanol–water partition coefficient (Wildman–Crippen LogP) is 22.2. The molecule has 0 bridgehead atoms. The van der Waals surface area contributed by atoms with E-state index in [9.17, 15) is 19.6 Å². The van der Waals surface area contributed by atoms with E-state index >= 15 is 0 Å². The summed E-state index contributed by atoms with van der Waals surface area (Å²) in [7, 11) is 0. The number of allylic oxidation sites excluding steroid dienone is 11. The number of ether oxygens (including phenoxy) is 2. The van der Waals surface area contributed by atoms with E-state index in [0.717, 1.165) is 163 Å². The molecule has 0 atom stereocenters. The predicted molar refractivity (Wildman–Crippen MR) is 478 cm³/mol. The number of thiazole rings is 1. The van der Waals surface area contributed by atoms with Crippen molar-refractivity contribution in [3.05, 3.63) is 286 Å². The fourth-order valence-electron chi connectivity index (χ4n) is 20.1. The van der Waals surface area contributed by atoms with E-state index in [4.69, 9.17) is 40.9 Å².